The second kappa shape index (κ2) is 9.49. The number of fused-ring (bicyclic) bond motifs is 1. The van der Waals surface area contributed by atoms with Crippen molar-refractivity contribution < 1.29 is 9.53 Å². The second-order valence-corrected chi connectivity index (χ2v) is 8.03. The monoisotopic (exact) mass is 395 g/mol. The molecule has 0 radical (unpaired) electrons. The fourth-order valence-electron chi connectivity index (χ4n) is 3.05. The van der Waals surface area contributed by atoms with E-state index in [1.54, 1.807) is 12.4 Å². The van der Waals surface area contributed by atoms with Gasteiger partial charge in [0, 0.05) is 19.3 Å². The highest BCUT2D eigenvalue weighted by atomic mass is 16.6. The van der Waals surface area contributed by atoms with Crippen LogP contribution >= 0.6 is 0 Å². The Hall–Kier alpha value is -2.96. The molecule has 0 aliphatic carbocycles. The summed E-state index contributed by atoms with van der Waals surface area (Å²) in [4.78, 5) is 20.8. The van der Waals surface area contributed by atoms with Crippen molar-refractivity contribution >= 4 is 17.1 Å². The number of carbonyl (C=O) groups excluding carboxylic acids is 1. The number of unbranched alkanes of at least 4 members (excludes halogenated alkanes) is 3. The number of benzene rings is 1. The number of para-hydroxylation sites is 2. The first kappa shape index (κ1) is 20.8. The summed E-state index contributed by atoms with van der Waals surface area (Å²) in [5.41, 5.74) is 3.14. The van der Waals surface area contributed by atoms with Crippen LogP contribution in [0.4, 0.5) is 4.79 Å². The van der Waals surface area contributed by atoms with Crippen molar-refractivity contribution in [2.45, 2.75) is 58.6 Å². The van der Waals surface area contributed by atoms with Crippen LogP contribution in [0.2, 0.25) is 0 Å². The molecule has 3 rings (SSSR count). The Morgan fingerprint density at radius 2 is 1.83 bits per heavy atom. The average molecular weight is 396 g/mol. The van der Waals surface area contributed by atoms with E-state index < -0.39 is 5.60 Å². The number of amides is 1. The van der Waals surface area contributed by atoms with E-state index in [9.17, 15) is 4.79 Å². The number of hydrogen-bond acceptors (Lipinski definition) is 5. The molecule has 1 N–H and O–H groups in total. The molecule has 29 heavy (non-hydrogen) atoms. The summed E-state index contributed by atoms with van der Waals surface area (Å²) >= 11 is 0. The van der Waals surface area contributed by atoms with Crippen LogP contribution in [0.3, 0.4) is 0 Å². The molecular formula is C22H29N5O2. The van der Waals surface area contributed by atoms with Gasteiger partial charge in [-0.15, -0.1) is 0 Å². The number of aromatic nitrogens is 4. The predicted molar refractivity (Wildman–Crippen MR) is 113 cm³/mol. The maximum atomic E-state index is 11.6. The molecule has 1 aromatic carbocycles. The number of ether oxygens (including phenoxy) is 1. The van der Waals surface area contributed by atoms with Crippen molar-refractivity contribution in [1.82, 2.24) is 25.1 Å². The Morgan fingerprint density at radius 3 is 2.62 bits per heavy atom. The van der Waals surface area contributed by atoms with Crippen molar-refractivity contribution in [2.24, 2.45) is 0 Å². The third-order valence-electron chi connectivity index (χ3n) is 4.39. The standard InChI is InChI=1S/C22H29N5O2/c1-22(2,3)29-21(28)23-13-8-4-5-9-15-27-20(12-14-25-27)19-16-24-17-10-6-7-11-18(17)26-19/h6-7,10-12,14,16H,4-5,8-9,13,15H2,1-3H3,(H,23,28). The molecule has 7 heteroatoms. The zero-order valence-electron chi connectivity index (χ0n) is 17.4. The largest absolute Gasteiger partial charge is 0.444 e. The van der Waals surface area contributed by atoms with Crippen LogP contribution in [-0.2, 0) is 11.3 Å². The molecule has 0 aliphatic heterocycles. The zero-order chi connectivity index (χ0) is 20.7. The lowest BCUT2D eigenvalue weighted by Crippen LogP contribution is -2.32. The zero-order valence-corrected chi connectivity index (χ0v) is 17.4. The molecule has 0 saturated heterocycles. The number of hydrogen-bond donors (Lipinski definition) is 1. The topological polar surface area (TPSA) is 81.9 Å². The Kier molecular flexibility index (Phi) is 6.80. The lowest BCUT2D eigenvalue weighted by atomic mass is 10.2. The lowest BCUT2D eigenvalue weighted by Gasteiger charge is -2.19. The van der Waals surface area contributed by atoms with E-state index in [0.717, 1.165) is 54.6 Å². The van der Waals surface area contributed by atoms with Crippen LogP contribution in [0.25, 0.3) is 22.4 Å². The third-order valence-corrected chi connectivity index (χ3v) is 4.39. The minimum atomic E-state index is -0.457. The number of aryl methyl sites for hydroxylation is 1. The normalized spacial score (nSPS) is 11.6. The van der Waals surface area contributed by atoms with Crippen molar-refractivity contribution in [3.05, 3.63) is 42.7 Å². The van der Waals surface area contributed by atoms with Crippen molar-refractivity contribution in [2.75, 3.05) is 6.54 Å². The van der Waals surface area contributed by atoms with Crippen molar-refractivity contribution in [3.8, 4) is 11.4 Å². The van der Waals surface area contributed by atoms with Gasteiger partial charge >= 0.3 is 6.09 Å². The molecule has 0 spiro atoms. The predicted octanol–water partition coefficient (Wildman–Crippen LogP) is 4.58. The van der Waals surface area contributed by atoms with Gasteiger partial charge in [-0.1, -0.05) is 25.0 Å². The Labute approximate surface area is 171 Å². The highest BCUT2D eigenvalue weighted by Gasteiger charge is 2.15. The van der Waals surface area contributed by atoms with Crippen LogP contribution in [0.15, 0.2) is 42.7 Å². The molecule has 0 saturated carbocycles. The van der Waals surface area contributed by atoms with Gasteiger partial charge in [0.1, 0.15) is 11.3 Å². The van der Waals surface area contributed by atoms with Gasteiger partial charge in [-0.2, -0.15) is 5.10 Å². The molecule has 1 amide bonds. The number of nitrogens with one attached hydrogen (secondary N) is 1. The van der Waals surface area contributed by atoms with Gasteiger partial charge in [-0.3, -0.25) is 9.67 Å². The fourth-order valence-corrected chi connectivity index (χ4v) is 3.05. The summed E-state index contributed by atoms with van der Waals surface area (Å²) < 4.78 is 7.21. The van der Waals surface area contributed by atoms with E-state index in [1.165, 1.54) is 0 Å². The summed E-state index contributed by atoms with van der Waals surface area (Å²) in [7, 11) is 0. The van der Waals surface area contributed by atoms with Crippen molar-refractivity contribution in [1.29, 1.82) is 0 Å². The molecule has 7 nitrogen and oxygen atoms in total. The van der Waals surface area contributed by atoms with E-state index >= 15 is 0 Å². The summed E-state index contributed by atoms with van der Waals surface area (Å²) in [6.07, 6.45) is 7.31. The van der Waals surface area contributed by atoms with Gasteiger partial charge in [-0.05, 0) is 51.8 Å². The van der Waals surface area contributed by atoms with Crippen LogP contribution in [-0.4, -0.2) is 38.0 Å². The third kappa shape index (κ3) is 6.27. The molecule has 2 aromatic heterocycles. The van der Waals surface area contributed by atoms with Crippen LogP contribution < -0.4 is 5.32 Å². The maximum Gasteiger partial charge on any atom is 0.407 e. The summed E-state index contributed by atoms with van der Waals surface area (Å²) in [5, 5.41) is 7.23. The summed E-state index contributed by atoms with van der Waals surface area (Å²) in [6.45, 7) is 7.05. The molecule has 0 atom stereocenters. The molecule has 0 bridgehead atoms. The molecule has 0 fully saturated rings. The first-order chi connectivity index (χ1) is 13.9. The van der Waals surface area contributed by atoms with Gasteiger partial charge in [0.05, 0.1) is 22.9 Å². The number of carbonyl (C=O) groups is 1. The Bertz CT molecular complexity index is 946. The van der Waals surface area contributed by atoms with Gasteiger partial charge in [0.15, 0.2) is 0 Å². The van der Waals surface area contributed by atoms with E-state index in [1.807, 2.05) is 55.8 Å². The van der Waals surface area contributed by atoms with E-state index in [2.05, 4.69) is 15.4 Å². The van der Waals surface area contributed by atoms with E-state index in [4.69, 9.17) is 9.72 Å². The van der Waals surface area contributed by atoms with Gasteiger partial charge in [-0.25, -0.2) is 9.78 Å². The number of nitrogens with zero attached hydrogens (tertiary/aromatic N) is 4. The van der Waals surface area contributed by atoms with Gasteiger partial charge in [0.2, 0.25) is 0 Å². The summed E-state index contributed by atoms with van der Waals surface area (Å²) in [6, 6.07) is 9.84. The minimum absolute atomic E-state index is 0.352. The molecule has 0 unspecified atom stereocenters. The smallest absolute Gasteiger partial charge is 0.407 e. The highest BCUT2D eigenvalue weighted by Crippen LogP contribution is 2.19. The SMILES string of the molecule is CC(C)(C)OC(=O)NCCCCCCn1nccc1-c1cnc2ccccc2n1. The Morgan fingerprint density at radius 1 is 1.07 bits per heavy atom. The van der Waals surface area contributed by atoms with Gasteiger partial charge in [0.25, 0.3) is 0 Å². The molecule has 3 aromatic rings. The molecular weight excluding hydrogens is 366 g/mol. The van der Waals surface area contributed by atoms with Gasteiger partial charge < -0.3 is 10.1 Å². The minimum Gasteiger partial charge on any atom is -0.444 e. The molecule has 154 valence electrons. The highest BCUT2D eigenvalue weighted by molar-refractivity contribution is 5.76. The fraction of sp³-hybridized carbons (Fsp3) is 0.455. The first-order valence-corrected chi connectivity index (χ1v) is 10.1. The lowest BCUT2D eigenvalue weighted by molar-refractivity contribution is 0.0527. The van der Waals surface area contributed by atoms with Crippen LogP contribution in [0.1, 0.15) is 46.5 Å². The average Bonchev–Trinajstić information content (AvgIpc) is 3.14. The number of alkyl carbamates (subject to hydrolysis) is 1. The maximum absolute atomic E-state index is 11.6. The molecule has 0 aliphatic rings. The quantitative estimate of drug-likeness (QED) is 0.565. The van der Waals surface area contributed by atoms with E-state index in [-0.39, 0.29) is 6.09 Å². The second-order valence-electron chi connectivity index (χ2n) is 8.03. The first-order valence-electron chi connectivity index (χ1n) is 10.1. The Balaban J connectivity index is 1.42. The summed E-state index contributed by atoms with van der Waals surface area (Å²) in [5.74, 6) is 0. The van der Waals surface area contributed by atoms with E-state index in [0.29, 0.717) is 6.54 Å². The van der Waals surface area contributed by atoms with Crippen LogP contribution in [0, 0.1) is 0 Å². The molecule has 2 heterocycles. The number of rotatable bonds is 8. The van der Waals surface area contributed by atoms with Crippen LogP contribution in [0.5, 0.6) is 0 Å². The van der Waals surface area contributed by atoms with Crippen molar-refractivity contribution in [3.63, 3.8) is 0 Å².